The standard InChI is InChI=1S/C17H19N3S/c1-13(2)12-19-17(21)20-16(14-6-4-3-5-7-14)15-8-10-18-11-9-15/h3-11,16H,1,12H2,2H3,(H2,19,20,21)/t16-/m1/s1. The van der Waals surface area contributed by atoms with Gasteiger partial charge >= 0.3 is 0 Å². The average molecular weight is 297 g/mol. The van der Waals surface area contributed by atoms with Gasteiger partial charge in [-0.2, -0.15) is 0 Å². The highest BCUT2D eigenvalue weighted by molar-refractivity contribution is 7.80. The topological polar surface area (TPSA) is 37.0 Å². The highest BCUT2D eigenvalue weighted by atomic mass is 32.1. The van der Waals surface area contributed by atoms with Gasteiger partial charge in [-0.15, -0.1) is 0 Å². The maximum atomic E-state index is 5.37. The van der Waals surface area contributed by atoms with Crippen LogP contribution in [0.15, 0.2) is 67.0 Å². The summed E-state index contributed by atoms with van der Waals surface area (Å²) >= 11 is 5.37. The van der Waals surface area contributed by atoms with Crippen LogP contribution in [0.1, 0.15) is 24.1 Å². The van der Waals surface area contributed by atoms with Crippen molar-refractivity contribution in [1.29, 1.82) is 0 Å². The number of hydrogen-bond acceptors (Lipinski definition) is 2. The monoisotopic (exact) mass is 297 g/mol. The van der Waals surface area contributed by atoms with Crippen LogP contribution in [0.2, 0.25) is 0 Å². The van der Waals surface area contributed by atoms with Gasteiger partial charge in [0.15, 0.2) is 5.11 Å². The van der Waals surface area contributed by atoms with Crippen LogP contribution in [-0.2, 0) is 0 Å². The van der Waals surface area contributed by atoms with Gasteiger partial charge in [0, 0.05) is 18.9 Å². The molecule has 0 aliphatic carbocycles. The first-order chi connectivity index (χ1) is 10.2. The lowest BCUT2D eigenvalue weighted by Gasteiger charge is -2.22. The van der Waals surface area contributed by atoms with Gasteiger partial charge < -0.3 is 10.6 Å². The van der Waals surface area contributed by atoms with Crippen LogP contribution in [0.3, 0.4) is 0 Å². The molecule has 0 aliphatic rings. The highest BCUT2D eigenvalue weighted by Gasteiger charge is 2.14. The molecule has 0 saturated heterocycles. The minimum atomic E-state index is -0.000628. The van der Waals surface area contributed by atoms with E-state index >= 15 is 0 Å². The molecule has 0 unspecified atom stereocenters. The third-order valence-electron chi connectivity index (χ3n) is 3.00. The largest absolute Gasteiger partial charge is 0.359 e. The number of pyridine rings is 1. The summed E-state index contributed by atoms with van der Waals surface area (Å²) in [5.74, 6) is 0. The van der Waals surface area contributed by atoms with E-state index in [1.54, 1.807) is 12.4 Å². The summed E-state index contributed by atoms with van der Waals surface area (Å²) < 4.78 is 0. The van der Waals surface area contributed by atoms with Crippen LogP contribution in [0.4, 0.5) is 0 Å². The minimum absolute atomic E-state index is 0.000628. The molecule has 1 atom stereocenters. The maximum Gasteiger partial charge on any atom is 0.167 e. The lowest BCUT2D eigenvalue weighted by Crippen LogP contribution is -2.38. The van der Waals surface area contributed by atoms with Crippen LogP contribution < -0.4 is 10.6 Å². The van der Waals surface area contributed by atoms with Crippen molar-refractivity contribution in [2.45, 2.75) is 13.0 Å². The molecule has 1 aromatic heterocycles. The third-order valence-corrected chi connectivity index (χ3v) is 3.26. The summed E-state index contributed by atoms with van der Waals surface area (Å²) in [5, 5.41) is 7.13. The van der Waals surface area contributed by atoms with Crippen molar-refractivity contribution < 1.29 is 0 Å². The van der Waals surface area contributed by atoms with E-state index in [-0.39, 0.29) is 6.04 Å². The second kappa shape index (κ2) is 7.55. The second-order valence-electron chi connectivity index (χ2n) is 4.91. The van der Waals surface area contributed by atoms with E-state index in [4.69, 9.17) is 12.2 Å². The summed E-state index contributed by atoms with van der Waals surface area (Å²) in [4.78, 5) is 4.07. The Morgan fingerprint density at radius 1 is 1.14 bits per heavy atom. The van der Waals surface area contributed by atoms with Crippen LogP contribution >= 0.6 is 12.2 Å². The SMILES string of the molecule is C=C(C)CNC(=S)N[C@H](c1ccccc1)c1ccncc1. The number of thiocarbonyl (C=S) groups is 1. The molecule has 0 saturated carbocycles. The van der Waals surface area contributed by atoms with Crippen molar-refractivity contribution in [3.05, 3.63) is 78.1 Å². The van der Waals surface area contributed by atoms with Gasteiger partial charge in [0.05, 0.1) is 6.04 Å². The van der Waals surface area contributed by atoms with Gasteiger partial charge in [-0.1, -0.05) is 42.5 Å². The molecule has 0 radical (unpaired) electrons. The van der Waals surface area contributed by atoms with Gasteiger partial charge in [-0.25, -0.2) is 0 Å². The minimum Gasteiger partial charge on any atom is -0.359 e. The van der Waals surface area contributed by atoms with Crippen LogP contribution in [-0.4, -0.2) is 16.6 Å². The number of nitrogens with zero attached hydrogens (tertiary/aromatic N) is 1. The Morgan fingerprint density at radius 3 is 2.38 bits per heavy atom. The summed E-state index contributed by atoms with van der Waals surface area (Å²) in [6.45, 7) is 6.50. The smallest absolute Gasteiger partial charge is 0.167 e. The molecular formula is C17H19N3S. The first-order valence-corrected chi connectivity index (χ1v) is 7.21. The van der Waals surface area contributed by atoms with Crippen LogP contribution in [0, 0.1) is 0 Å². The Labute approximate surface area is 131 Å². The summed E-state index contributed by atoms with van der Waals surface area (Å²) in [6, 6.07) is 14.2. The van der Waals surface area contributed by atoms with Gasteiger partial charge in [0.25, 0.3) is 0 Å². The Balaban J connectivity index is 2.17. The predicted molar refractivity (Wildman–Crippen MR) is 91.1 cm³/mol. The second-order valence-corrected chi connectivity index (χ2v) is 5.32. The van der Waals surface area contributed by atoms with Crippen molar-refractivity contribution in [1.82, 2.24) is 15.6 Å². The fourth-order valence-corrected chi connectivity index (χ4v) is 2.16. The third kappa shape index (κ3) is 4.68. The zero-order valence-electron chi connectivity index (χ0n) is 12.0. The maximum absolute atomic E-state index is 5.37. The van der Waals surface area contributed by atoms with E-state index in [9.17, 15) is 0 Å². The molecule has 2 N–H and O–H groups in total. The normalized spacial score (nSPS) is 11.5. The Bertz CT molecular complexity index is 556. The fraction of sp³-hybridized carbons (Fsp3) is 0.176. The van der Waals surface area contributed by atoms with E-state index in [1.807, 2.05) is 37.3 Å². The number of rotatable bonds is 5. The van der Waals surface area contributed by atoms with Crippen LogP contribution in [0.5, 0.6) is 0 Å². The number of aromatic nitrogens is 1. The van der Waals surface area contributed by atoms with Crippen molar-refractivity contribution in [2.24, 2.45) is 0 Å². The molecule has 3 nitrogen and oxygen atoms in total. The highest BCUT2D eigenvalue weighted by Crippen LogP contribution is 2.21. The van der Waals surface area contributed by atoms with E-state index in [1.165, 1.54) is 0 Å². The molecule has 108 valence electrons. The van der Waals surface area contributed by atoms with Gasteiger partial charge in [0.2, 0.25) is 0 Å². The Kier molecular flexibility index (Phi) is 5.46. The summed E-state index contributed by atoms with van der Waals surface area (Å²) in [5.41, 5.74) is 3.32. The van der Waals surface area contributed by atoms with Crippen molar-refractivity contribution in [3.8, 4) is 0 Å². The van der Waals surface area contributed by atoms with E-state index in [2.05, 4.69) is 34.3 Å². The zero-order chi connectivity index (χ0) is 15.1. The average Bonchev–Trinajstić information content (AvgIpc) is 2.52. The molecule has 21 heavy (non-hydrogen) atoms. The van der Waals surface area contributed by atoms with E-state index in [0.29, 0.717) is 11.7 Å². The van der Waals surface area contributed by atoms with Gasteiger partial charge in [0.1, 0.15) is 0 Å². The first-order valence-electron chi connectivity index (χ1n) is 6.80. The molecule has 4 heteroatoms. The number of nitrogens with one attached hydrogen (secondary N) is 2. The molecule has 0 fully saturated rings. The van der Waals surface area contributed by atoms with Crippen molar-refractivity contribution in [3.63, 3.8) is 0 Å². The molecular weight excluding hydrogens is 278 g/mol. The van der Waals surface area contributed by atoms with Gasteiger partial charge in [-0.3, -0.25) is 4.98 Å². The Hall–Kier alpha value is -2.20. The molecule has 0 amide bonds. The van der Waals surface area contributed by atoms with Crippen molar-refractivity contribution >= 4 is 17.3 Å². The summed E-state index contributed by atoms with van der Waals surface area (Å²) in [6.07, 6.45) is 3.58. The molecule has 2 aromatic rings. The lowest BCUT2D eigenvalue weighted by atomic mass is 10.00. The number of benzene rings is 1. The Morgan fingerprint density at radius 2 is 1.76 bits per heavy atom. The predicted octanol–water partition coefficient (Wildman–Crippen LogP) is 3.21. The fourth-order valence-electron chi connectivity index (χ4n) is 1.97. The first kappa shape index (κ1) is 15.2. The zero-order valence-corrected chi connectivity index (χ0v) is 12.9. The number of hydrogen-bond donors (Lipinski definition) is 2. The van der Waals surface area contributed by atoms with E-state index in [0.717, 1.165) is 16.7 Å². The quantitative estimate of drug-likeness (QED) is 0.656. The molecule has 0 aliphatic heterocycles. The molecule has 0 bridgehead atoms. The molecule has 1 aromatic carbocycles. The van der Waals surface area contributed by atoms with E-state index < -0.39 is 0 Å². The molecule has 0 spiro atoms. The van der Waals surface area contributed by atoms with Crippen LogP contribution in [0.25, 0.3) is 0 Å². The molecule has 1 heterocycles. The van der Waals surface area contributed by atoms with Crippen molar-refractivity contribution in [2.75, 3.05) is 6.54 Å². The summed E-state index contributed by atoms with van der Waals surface area (Å²) in [7, 11) is 0. The molecule has 2 rings (SSSR count). The lowest BCUT2D eigenvalue weighted by molar-refractivity contribution is 0.743. The van der Waals surface area contributed by atoms with Gasteiger partial charge in [-0.05, 0) is 42.4 Å².